The Kier molecular flexibility index (Phi) is 5.41. The van der Waals surface area contributed by atoms with Crippen LogP contribution < -0.4 is 5.32 Å². The number of urea groups is 1. The standard InChI is InChI=1S/C25H34F3N3O/c1-22(2,15-25(26,27)28)20-18(16-9-7-6-8-10-16)14-31(30-20)21(32)29-19-13-17-11-12-24(19,5)23(17,3)4/h6-10,17-19H,11-15H2,1-5H3,(H,29,32)/t17?,18?,19-,24?/m0/s1. The molecule has 0 saturated heterocycles. The molecule has 0 aromatic heterocycles. The van der Waals surface area contributed by atoms with E-state index in [9.17, 15) is 18.0 Å². The molecule has 1 heterocycles. The van der Waals surface area contributed by atoms with E-state index in [1.165, 1.54) is 11.4 Å². The van der Waals surface area contributed by atoms with Crippen molar-refractivity contribution in [1.29, 1.82) is 0 Å². The van der Waals surface area contributed by atoms with E-state index < -0.39 is 18.0 Å². The van der Waals surface area contributed by atoms with Crippen LogP contribution in [0.4, 0.5) is 18.0 Å². The van der Waals surface area contributed by atoms with Crippen molar-refractivity contribution in [2.75, 3.05) is 6.54 Å². The summed E-state index contributed by atoms with van der Waals surface area (Å²) in [5.74, 6) is 0.226. The van der Waals surface area contributed by atoms with Crippen LogP contribution in [0.5, 0.6) is 0 Å². The van der Waals surface area contributed by atoms with Crippen molar-refractivity contribution in [3.8, 4) is 0 Å². The summed E-state index contributed by atoms with van der Waals surface area (Å²) in [5, 5.41) is 9.06. The van der Waals surface area contributed by atoms with E-state index in [1.54, 1.807) is 13.8 Å². The fraction of sp³-hybridized carbons (Fsp3) is 0.680. The number of alkyl halides is 3. The number of nitrogens with zero attached hydrogens (tertiary/aromatic N) is 2. The minimum atomic E-state index is -4.31. The van der Waals surface area contributed by atoms with Crippen molar-refractivity contribution < 1.29 is 18.0 Å². The molecule has 3 aliphatic rings. The highest BCUT2D eigenvalue weighted by Crippen LogP contribution is 2.65. The van der Waals surface area contributed by atoms with E-state index in [4.69, 9.17) is 0 Å². The van der Waals surface area contributed by atoms with Crippen molar-refractivity contribution in [3.05, 3.63) is 35.9 Å². The lowest BCUT2D eigenvalue weighted by Gasteiger charge is -2.39. The molecule has 2 aliphatic carbocycles. The van der Waals surface area contributed by atoms with Crippen LogP contribution in [0.15, 0.2) is 35.4 Å². The minimum Gasteiger partial charge on any atom is -0.333 e. The summed E-state index contributed by atoms with van der Waals surface area (Å²) in [6.07, 6.45) is -2.08. The number of amides is 2. The summed E-state index contributed by atoms with van der Waals surface area (Å²) in [6, 6.07) is 9.14. The highest BCUT2D eigenvalue weighted by molar-refractivity contribution is 5.98. The topological polar surface area (TPSA) is 44.7 Å². The smallest absolute Gasteiger partial charge is 0.333 e. The molecule has 32 heavy (non-hydrogen) atoms. The zero-order chi connectivity index (χ0) is 23.5. The SMILES string of the molecule is CC(C)(CC(F)(F)F)C1=NN(C(=O)N[C@H]2CC3CCC2(C)C3(C)C)CC1c1ccccc1. The highest BCUT2D eigenvalue weighted by Gasteiger charge is 2.61. The summed E-state index contributed by atoms with van der Waals surface area (Å²) >= 11 is 0. The van der Waals surface area contributed by atoms with Crippen molar-refractivity contribution >= 4 is 11.7 Å². The molecule has 0 spiro atoms. The van der Waals surface area contributed by atoms with Gasteiger partial charge in [0.25, 0.3) is 0 Å². The van der Waals surface area contributed by atoms with Crippen LogP contribution in [0.25, 0.3) is 0 Å². The number of rotatable bonds is 4. The summed E-state index contributed by atoms with van der Waals surface area (Å²) < 4.78 is 39.9. The molecule has 176 valence electrons. The van der Waals surface area contributed by atoms with Gasteiger partial charge in [-0.1, -0.05) is 65.0 Å². The first-order valence-electron chi connectivity index (χ1n) is 11.5. The van der Waals surface area contributed by atoms with Gasteiger partial charge in [-0.2, -0.15) is 18.3 Å². The molecule has 2 saturated carbocycles. The number of hydrogen-bond acceptors (Lipinski definition) is 2. The van der Waals surface area contributed by atoms with Gasteiger partial charge in [0, 0.05) is 17.4 Å². The lowest BCUT2D eigenvalue weighted by molar-refractivity contribution is -0.147. The van der Waals surface area contributed by atoms with E-state index in [-0.39, 0.29) is 35.4 Å². The molecule has 2 fully saturated rings. The summed E-state index contributed by atoms with van der Waals surface area (Å²) in [6.45, 7) is 10.2. The zero-order valence-corrected chi connectivity index (χ0v) is 19.6. The summed E-state index contributed by atoms with van der Waals surface area (Å²) in [7, 11) is 0. The summed E-state index contributed by atoms with van der Waals surface area (Å²) in [5.41, 5.74) is 0.258. The van der Waals surface area contributed by atoms with Gasteiger partial charge in [-0.25, -0.2) is 9.80 Å². The van der Waals surface area contributed by atoms with Crippen LogP contribution in [-0.2, 0) is 0 Å². The lowest BCUT2D eigenvalue weighted by Crippen LogP contribution is -2.50. The molecule has 7 heteroatoms. The average Bonchev–Trinajstić information content (AvgIpc) is 3.28. The maximum atomic E-state index is 13.3. The van der Waals surface area contributed by atoms with E-state index in [2.05, 4.69) is 31.2 Å². The van der Waals surface area contributed by atoms with Crippen LogP contribution in [-0.4, -0.2) is 35.5 Å². The van der Waals surface area contributed by atoms with Crippen molar-refractivity contribution in [2.24, 2.45) is 27.3 Å². The summed E-state index contributed by atoms with van der Waals surface area (Å²) in [4.78, 5) is 13.3. The fourth-order valence-corrected chi connectivity index (χ4v) is 6.42. The molecule has 1 aliphatic heterocycles. The third kappa shape index (κ3) is 3.81. The second kappa shape index (κ2) is 7.49. The molecule has 4 nitrogen and oxygen atoms in total. The van der Waals surface area contributed by atoms with Crippen molar-refractivity contribution in [3.63, 3.8) is 0 Å². The van der Waals surface area contributed by atoms with Crippen LogP contribution in [0, 0.1) is 22.2 Å². The first-order chi connectivity index (χ1) is 14.7. The minimum absolute atomic E-state index is 0.0218. The quantitative estimate of drug-likeness (QED) is 0.572. The molecule has 1 aromatic carbocycles. The number of benzene rings is 1. The van der Waals surface area contributed by atoms with Gasteiger partial charge in [0.05, 0.1) is 18.7 Å². The van der Waals surface area contributed by atoms with E-state index in [1.807, 2.05) is 30.3 Å². The molecule has 0 radical (unpaired) electrons. The molecule has 1 aromatic rings. The molecule has 2 amide bonds. The Morgan fingerprint density at radius 3 is 2.38 bits per heavy atom. The molecular weight excluding hydrogens is 415 g/mol. The number of nitrogens with one attached hydrogen (secondary N) is 1. The van der Waals surface area contributed by atoms with Gasteiger partial charge < -0.3 is 5.32 Å². The predicted octanol–water partition coefficient (Wildman–Crippen LogP) is 6.34. The predicted molar refractivity (Wildman–Crippen MR) is 119 cm³/mol. The van der Waals surface area contributed by atoms with Gasteiger partial charge in [0.1, 0.15) is 0 Å². The number of hydrazone groups is 1. The third-order valence-electron chi connectivity index (χ3n) is 8.78. The Labute approximate surface area is 188 Å². The molecule has 4 rings (SSSR count). The van der Waals surface area contributed by atoms with Gasteiger partial charge in [-0.3, -0.25) is 0 Å². The number of carbonyl (C=O) groups excluding carboxylic acids is 1. The van der Waals surface area contributed by atoms with Gasteiger partial charge in [0.15, 0.2) is 0 Å². The Balaban J connectivity index is 1.58. The van der Waals surface area contributed by atoms with Crippen LogP contribution in [0.1, 0.15) is 71.8 Å². The Hall–Kier alpha value is -2.05. The van der Waals surface area contributed by atoms with Crippen molar-refractivity contribution in [2.45, 2.75) is 78.4 Å². The van der Waals surface area contributed by atoms with E-state index in [0.29, 0.717) is 11.6 Å². The van der Waals surface area contributed by atoms with E-state index in [0.717, 1.165) is 18.4 Å². The highest BCUT2D eigenvalue weighted by atomic mass is 19.4. The first-order valence-corrected chi connectivity index (χ1v) is 11.5. The third-order valence-corrected chi connectivity index (χ3v) is 8.78. The van der Waals surface area contributed by atoms with E-state index >= 15 is 0 Å². The van der Waals surface area contributed by atoms with Crippen LogP contribution >= 0.6 is 0 Å². The molecule has 4 atom stereocenters. The number of fused-ring (bicyclic) bond motifs is 2. The van der Waals surface area contributed by atoms with Gasteiger partial charge in [-0.15, -0.1) is 0 Å². The number of hydrogen-bond donors (Lipinski definition) is 1. The largest absolute Gasteiger partial charge is 0.389 e. The monoisotopic (exact) mass is 449 g/mol. The average molecular weight is 450 g/mol. The maximum Gasteiger partial charge on any atom is 0.389 e. The lowest BCUT2D eigenvalue weighted by atomic mass is 9.69. The Morgan fingerprint density at radius 2 is 1.84 bits per heavy atom. The Bertz CT molecular complexity index is 909. The maximum absolute atomic E-state index is 13.3. The zero-order valence-electron chi connectivity index (χ0n) is 19.6. The fourth-order valence-electron chi connectivity index (χ4n) is 6.42. The molecular formula is C25H34F3N3O. The van der Waals surface area contributed by atoms with Crippen LogP contribution in [0.3, 0.4) is 0 Å². The molecule has 2 bridgehead atoms. The second-order valence-corrected chi connectivity index (χ2v) is 11.3. The van der Waals surface area contributed by atoms with Crippen molar-refractivity contribution in [1.82, 2.24) is 10.3 Å². The van der Waals surface area contributed by atoms with Gasteiger partial charge >= 0.3 is 12.2 Å². The Morgan fingerprint density at radius 1 is 1.19 bits per heavy atom. The first kappa shape index (κ1) is 23.1. The molecule has 3 unspecified atom stereocenters. The number of carbonyl (C=O) groups is 1. The van der Waals surface area contributed by atoms with Gasteiger partial charge in [0.2, 0.25) is 0 Å². The molecule has 1 N–H and O–H groups in total. The normalized spacial score (nSPS) is 31.7. The van der Waals surface area contributed by atoms with Gasteiger partial charge in [-0.05, 0) is 41.6 Å². The van der Waals surface area contributed by atoms with Crippen LogP contribution in [0.2, 0.25) is 0 Å². The number of halogens is 3. The second-order valence-electron chi connectivity index (χ2n) is 11.3.